The summed E-state index contributed by atoms with van der Waals surface area (Å²) in [6.45, 7) is 4.32. The Bertz CT molecular complexity index is 1370. The number of anilines is 2. The molecule has 1 fully saturated rings. The number of carbonyl (C=O) groups excluding carboxylic acids is 2. The normalized spacial score (nSPS) is 15.7. The molecule has 4 aromatic rings. The fourth-order valence-corrected chi connectivity index (χ4v) is 4.33. The first-order valence-electron chi connectivity index (χ1n) is 11.7. The Morgan fingerprint density at radius 2 is 1.86 bits per heavy atom. The van der Waals surface area contributed by atoms with Crippen molar-refractivity contribution in [2.75, 3.05) is 16.8 Å². The Morgan fingerprint density at radius 3 is 2.57 bits per heavy atom. The predicted molar refractivity (Wildman–Crippen MR) is 130 cm³/mol. The standard InChI is InChI=1S/C26H25FN6O2/c1-3-21-22(4-2)31-33-15-23(30-26(33)29-21)16-8-10-19(11-9-16)28-25(35)17-12-24(34)32(14-17)20-7-5-6-18(27)13-20/h5-11,13,15,17H,3-4,12,14H2,1-2H3,(H,28,35)/t17-/m1/s1. The molecule has 2 amide bonds. The summed E-state index contributed by atoms with van der Waals surface area (Å²) < 4.78 is 15.2. The van der Waals surface area contributed by atoms with E-state index in [-0.39, 0.29) is 24.8 Å². The number of benzene rings is 2. The summed E-state index contributed by atoms with van der Waals surface area (Å²) in [4.78, 5) is 35.9. The number of hydrogen-bond donors (Lipinski definition) is 1. The average molecular weight is 473 g/mol. The minimum absolute atomic E-state index is 0.0845. The molecule has 9 heteroatoms. The Balaban J connectivity index is 1.28. The summed E-state index contributed by atoms with van der Waals surface area (Å²) in [5.74, 6) is -0.818. The molecule has 178 valence electrons. The Labute approximate surface area is 201 Å². The molecule has 35 heavy (non-hydrogen) atoms. The maximum Gasteiger partial charge on any atom is 0.251 e. The van der Waals surface area contributed by atoms with Crippen LogP contribution in [0.15, 0.2) is 54.7 Å². The zero-order valence-corrected chi connectivity index (χ0v) is 19.5. The van der Waals surface area contributed by atoms with E-state index >= 15 is 0 Å². The number of rotatable bonds is 6. The first-order chi connectivity index (χ1) is 16.9. The molecule has 0 unspecified atom stereocenters. The van der Waals surface area contributed by atoms with Crippen molar-refractivity contribution in [1.29, 1.82) is 0 Å². The zero-order valence-electron chi connectivity index (χ0n) is 19.5. The average Bonchev–Trinajstić information content (AvgIpc) is 3.46. The number of halogens is 1. The van der Waals surface area contributed by atoms with Crippen LogP contribution in [0.3, 0.4) is 0 Å². The smallest absolute Gasteiger partial charge is 0.251 e. The van der Waals surface area contributed by atoms with Crippen molar-refractivity contribution < 1.29 is 14.0 Å². The lowest BCUT2D eigenvalue weighted by Crippen LogP contribution is -2.28. The van der Waals surface area contributed by atoms with Gasteiger partial charge in [0, 0.05) is 29.9 Å². The third-order valence-corrected chi connectivity index (χ3v) is 6.20. The van der Waals surface area contributed by atoms with Gasteiger partial charge in [-0.05, 0) is 43.2 Å². The van der Waals surface area contributed by atoms with E-state index in [1.807, 2.05) is 18.3 Å². The molecule has 1 atom stereocenters. The van der Waals surface area contributed by atoms with E-state index in [0.717, 1.165) is 35.5 Å². The zero-order chi connectivity index (χ0) is 24.5. The van der Waals surface area contributed by atoms with Crippen LogP contribution in [0.5, 0.6) is 0 Å². The van der Waals surface area contributed by atoms with Crippen LogP contribution >= 0.6 is 0 Å². The first kappa shape index (κ1) is 22.6. The largest absolute Gasteiger partial charge is 0.326 e. The van der Waals surface area contributed by atoms with E-state index in [1.165, 1.54) is 17.0 Å². The van der Waals surface area contributed by atoms with E-state index in [9.17, 15) is 14.0 Å². The summed E-state index contributed by atoms with van der Waals surface area (Å²) in [6.07, 6.45) is 3.54. The van der Waals surface area contributed by atoms with Crippen molar-refractivity contribution in [1.82, 2.24) is 19.6 Å². The second kappa shape index (κ2) is 9.25. The van der Waals surface area contributed by atoms with Gasteiger partial charge in [-0.3, -0.25) is 9.59 Å². The molecule has 0 saturated carbocycles. The summed E-state index contributed by atoms with van der Waals surface area (Å²) in [5.41, 5.74) is 4.62. The maximum absolute atomic E-state index is 13.5. The highest BCUT2D eigenvalue weighted by Crippen LogP contribution is 2.27. The van der Waals surface area contributed by atoms with E-state index in [0.29, 0.717) is 17.2 Å². The van der Waals surface area contributed by atoms with Crippen LogP contribution in [0, 0.1) is 11.7 Å². The highest BCUT2D eigenvalue weighted by Gasteiger charge is 2.35. The lowest BCUT2D eigenvalue weighted by Gasteiger charge is -2.16. The summed E-state index contributed by atoms with van der Waals surface area (Å²) in [5, 5.41) is 7.51. The van der Waals surface area contributed by atoms with Crippen LogP contribution < -0.4 is 10.2 Å². The SMILES string of the molecule is CCc1nc2nc(-c3ccc(NC(=O)[C@@H]4CC(=O)N(c5cccc(F)c5)C4)cc3)cn2nc1CC. The molecule has 8 nitrogen and oxygen atoms in total. The predicted octanol–water partition coefficient (Wildman–Crippen LogP) is 4.05. The highest BCUT2D eigenvalue weighted by molar-refractivity contribution is 6.03. The van der Waals surface area contributed by atoms with Crippen molar-refractivity contribution in [3.8, 4) is 11.3 Å². The van der Waals surface area contributed by atoms with Crippen molar-refractivity contribution in [2.24, 2.45) is 5.92 Å². The van der Waals surface area contributed by atoms with Crippen LogP contribution in [-0.4, -0.2) is 37.9 Å². The van der Waals surface area contributed by atoms with Crippen LogP contribution in [0.4, 0.5) is 15.8 Å². The van der Waals surface area contributed by atoms with Gasteiger partial charge in [0.25, 0.3) is 5.78 Å². The van der Waals surface area contributed by atoms with Gasteiger partial charge in [0.05, 0.1) is 29.2 Å². The number of carbonyl (C=O) groups is 2. The van der Waals surface area contributed by atoms with Crippen LogP contribution in [0.2, 0.25) is 0 Å². The summed E-state index contributed by atoms with van der Waals surface area (Å²) in [6, 6.07) is 13.2. The van der Waals surface area contributed by atoms with E-state index in [1.54, 1.807) is 28.8 Å². The quantitative estimate of drug-likeness (QED) is 0.457. The molecule has 0 aliphatic carbocycles. The number of amides is 2. The highest BCUT2D eigenvalue weighted by atomic mass is 19.1. The summed E-state index contributed by atoms with van der Waals surface area (Å²) in [7, 11) is 0. The molecule has 3 heterocycles. The van der Waals surface area contributed by atoms with Gasteiger partial charge in [-0.1, -0.05) is 32.0 Å². The van der Waals surface area contributed by atoms with Gasteiger partial charge in [0.1, 0.15) is 5.82 Å². The lowest BCUT2D eigenvalue weighted by molar-refractivity contribution is -0.122. The molecule has 2 aromatic heterocycles. The van der Waals surface area contributed by atoms with E-state index < -0.39 is 11.7 Å². The molecule has 1 aliphatic heterocycles. The minimum atomic E-state index is -0.512. The Hall–Kier alpha value is -4.14. The molecule has 5 rings (SSSR count). The number of imidazole rings is 1. The van der Waals surface area contributed by atoms with Crippen LogP contribution in [0.25, 0.3) is 17.0 Å². The second-order valence-corrected chi connectivity index (χ2v) is 8.53. The lowest BCUT2D eigenvalue weighted by atomic mass is 10.1. The van der Waals surface area contributed by atoms with Crippen molar-refractivity contribution in [3.63, 3.8) is 0 Å². The molecule has 0 radical (unpaired) electrons. The molecule has 1 aliphatic rings. The third-order valence-electron chi connectivity index (χ3n) is 6.20. The molecule has 1 saturated heterocycles. The second-order valence-electron chi connectivity index (χ2n) is 8.53. The van der Waals surface area contributed by atoms with E-state index in [4.69, 9.17) is 0 Å². The molecule has 1 N–H and O–H groups in total. The van der Waals surface area contributed by atoms with Crippen molar-refractivity contribution >= 4 is 29.0 Å². The first-order valence-corrected chi connectivity index (χ1v) is 11.7. The van der Waals surface area contributed by atoms with Gasteiger partial charge in [-0.2, -0.15) is 5.10 Å². The molecular weight excluding hydrogens is 447 g/mol. The molecule has 0 spiro atoms. The van der Waals surface area contributed by atoms with Gasteiger partial charge in [-0.15, -0.1) is 0 Å². The van der Waals surface area contributed by atoms with Crippen LogP contribution in [0.1, 0.15) is 31.7 Å². The number of nitrogens with zero attached hydrogens (tertiary/aromatic N) is 5. The van der Waals surface area contributed by atoms with Gasteiger partial charge < -0.3 is 10.2 Å². The van der Waals surface area contributed by atoms with Gasteiger partial charge in [-0.25, -0.2) is 18.9 Å². The molecular formula is C26H25FN6O2. The van der Waals surface area contributed by atoms with Crippen molar-refractivity contribution in [2.45, 2.75) is 33.1 Å². The van der Waals surface area contributed by atoms with Gasteiger partial charge in [0.2, 0.25) is 11.8 Å². The number of aromatic nitrogens is 4. The van der Waals surface area contributed by atoms with Crippen molar-refractivity contribution in [3.05, 3.63) is 71.9 Å². The monoisotopic (exact) mass is 472 g/mol. The fourth-order valence-electron chi connectivity index (χ4n) is 4.33. The van der Waals surface area contributed by atoms with E-state index in [2.05, 4.69) is 34.2 Å². The van der Waals surface area contributed by atoms with Gasteiger partial charge >= 0.3 is 0 Å². The van der Waals surface area contributed by atoms with Gasteiger partial charge in [0.15, 0.2) is 0 Å². The third kappa shape index (κ3) is 4.49. The Morgan fingerprint density at radius 1 is 1.09 bits per heavy atom. The fraction of sp³-hybridized carbons (Fsp3) is 0.269. The topological polar surface area (TPSA) is 92.5 Å². The molecule has 0 bridgehead atoms. The molecule has 2 aromatic carbocycles. The number of fused-ring (bicyclic) bond motifs is 1. The number of aryl methyl sites for hydroxylation is 2. The number of hydrogen-bond acceptors (Lipinski definition) is 5. The summed E-state index contributed by atoms with van der Waals surface area (Å²) >= 11 is 0. The van der Waals surface area contributed by atoms with Crippen LogP contribution in [-0.2, 0) is 22.4 Å². The number of nitrogens with one attached hydrogen (secondary N) is 1. The minimum Gasteiger partial charge on any atom is -0.326 e. The maximum atomic E-state index is 13.5. The Kier molecular flexibility index (Phi) is 5.98.